The van der Waals surface area contributed by atoms with Crippen molar-refractivity contribution >= 4 is 27.3 Å². The molecule has 2 aromatic rings. The van der Waals surface area contributed by atoms with Crippen molar-refractivity contribution in [3.63, 3.8) is 0 Å². The van der Waals surface area contributed by atoms with Crippen LogP contribution in [0.3, 0.4) is 0 Å². The number of nitro groups is 1. The topological polar surface area (TPSA) is 139 Å². The van der Waals surface area contributed by atoms with Gasteiger partial charge in [-0.25, -0.2) is 13.1 Å². The van der Waals surface area contributed by atoms with Gasteiger partial charge >= 0.3 is 0 Å². The number of nitro benzene ring substituents is 1. The normalized spacial score (nSPS) is 21.3. The number of nitrogens with zero attached hydrogens (tertiary/aromatic N) is 1. The Hall–Kier alpha value is -2.98. The minimum absolute atomic E-state index is 0.223. The van der Waals surface area contributed by atoms with Crippen molar-refractivity contribution in [2.45, 2.75) is 62.5 Å². The zero-order valence-electron chi connectivity index (χ0n) is 18.6. The van der Waals surface area contributed by atoms with Crippen LogP contribution in [0.2, 0.25) is 0 Å². The number of aliphatic hydroxyl groups is 1. The number of sulfonamides is 1. The maximum absolute atomic E-state index is 12.7. The minimum atomic E-state index is -4.15. The molecule has 0 heterocycles. The molecule has 1 aliphatic carbocycles. The van der Waals surface area contributed by atoms with Gasteiger partial charge in [-0.3, -0.25) is 14.9 Å². The van der Waals surface area contributed by atoms with E-state index in [-0.39, 0.29) is 16.6 Å². The van der Waals surface area contributed by atoms with E-state index in [0.717, 1.165) is 30.0 Å². The molecule has 33 heavy (non-hydrogen) atoms. The summed E-state index contributed by atoms with van der Waals surface area (Å²) in [6.45, 7) is 4.21. The molecule has 0 bridgehead atoms. The van der Waals surface area contributed by atoms with Crippen molar-refractivity contribution in [1.82, 2.24) is 4.72 Å². The molecular formula is C23H29N3O6S. The van der Waals surface area contributed by atoms with Gasteiger partial charge < -0.3 is 10.4 Å². The number of aliphatic hydroxyl groups excluding tert-OH is 1. The summed E-state index contributed by atoms with van der Waals surface area (Å²) in [5, 5.41) is 24.7. The maximum atomic E-state index is 12.7. The van der Waals surface area contributed by atoms with E-state index >= 15 is 0 Å². The number of amides is 1. The Kier molecular flexibility index (Phi) is 7.70. The first kappa shape index (κ1) is 24.7. The summed E-state index contributed by atoms with van der Waals surface area (Å²) in [6.07, 6.45) is 0.962. The van der Waals surface area contributed by atoms with Gasteiger partial charge in [0.15, 0.2) is 0 Å². The Morgan fingerprint density at radius 1 is 1.09 bits per heavy atom. The molecule has 1 aliphatic rings. The van der Waals surface area contributed by atoms with Gasteiger partial charge in [-0.05, 0) is 61.4 Å². The number of nitrogens with one attached hydrogen (secondary N) is 2. The fourth-order valence-electron chi connectivity index (χ4n) is 3.94. The smallest absolute Gasteiger partial charge is 0.269 e. The predicted molar refractivity (Wildman–Crippen MR) is 124 cm³/mol. The molecule has 0 aliphatic heterocycles. The second kappa shape index (κ2) is 10.3. The Balaban J connectivity index is 1.63. The lowest BCUT2D eigenvalue weighted by Crippen LogP contribution is -2.35. The van der Waals surface area contributed by atoms with E-state index < -0.39 is 32.9 Å². The molecule has 9 nitrogen and oxygen atoms in total. The van der Waals surface area contributed by atoms with Crippen LogP contribution in [0.5, 0.6) is 0 Å². The average molecular weight is 476 g/mol. The molecule has 178 valence electrons. The van der Waals surface area contributed by atoms with Crippen LogP contribution < -0.4 is 10.0 Å². The van der Waals surface area contributed by atoms with Crippen molar-refractivity contribution < 1.29 is 23.2 Å². The van der Waals surface area contributed by atoms with E-state index in [1.807, 2.05) is 24.3 Å². The number of non-ortho nitro benzene ring substituents is 1. The molecule has 0 unspecified atom stereocenters. The van der Waals surface area contributed by atoms with E-state index in [0.29, 0.717) is 31.6 Å². The van der Waals surface area contributed by atoms with E-state index in [1.165, 1.54) is 5.56 Å². The van der Waals surface area contributed by atoms with Crippen LogP contribution in [0.4, 0.5) is 11.4 Å². The Morgan fingerprint density at radius 2 is 1.76 bits per heavy atom. The first-order valence-electron chi connectivity index (χ1n) is 10.9. The van der Waals surface area contributed by atoms with Gasteiger partial charge in [0.2, 0.25) is 5.91 Å². The monoisotopic (exact) mass is 475 g/mol. The summed E-state index contributed by atoms with van der Waals surface area (Å²) in [5.41, 5.74) is 1.83. The average Bonchev–Trinajstić information content (AvgIpc) is 2.95. The summed E-state index contributed by atoms with van der Waals surface area (Å²) >= 11 is 0. The van der Waals surface area contributed by atoms with E-state index in [9.17, 15) is 28.4 Å². The summed E-state index contributed by atoms with van der Waals surface area (Å²) in [6, 6.07) is 12.1. The maximum Gasteiger partial charge on any atom is 0.269 e. The van der Waals surface area contributed by atoms with Gasteiger partial charge in [0.25, 0.3) is 15.7 Å². The first-order chi connectivity index (χ1) is 15.6. The predicted octanol–water partition coefficient (Wildman–Crippen LogP) is 3.55. The van der Waals surface area contributed by atoms with Crippen LogP contribution in [0.15, 0.2) is 53.4 Å². The quantitative estimate of drug-likeness (QED) is 0.316. The Bertz CT molecular complexity index is 1100. The number of hydrogen-bond acceptors (Lipinski definition) is 7. The lowest BCUT2D eigenvalue weighted by Gasteiger charge is -2.23. The molecule has 0 aromatic heterocycles. The third kappa shape index (κ3) is 6.29. The van der Waals surface area contributed by atoms with E-state index in [1.54, 1.807) is 0 Å². The fraction of sp³-hybridized carbons (Fsp3) is 0.435. The van der Waals surface area contributed by atoms with Gasteiger partial charge in [-0.2, -0.15) is 0 Å². The molecule has 3 rings (SSSR count). The highest BCUT2D eigenvalue weighted by atomic mass is 32.2. The van der Waals surface area contributed by atoms with Crippen LogP contribution in [0, 0.1) is 16.0 Å². The molecule has 2 aromatic carbocycles. The molecule has 1 saturated carbocycles. The van der Waals surface area contributed by atoms with Gasteiger partial charge in [-0.1, -0.05) is 26.0 Å². The molecule has 0 spiro atoms. The molecule has 0 saturated heterocycles. The Labute approximate surface area is 193 Å². The number of hydrogen-bond donors (Lipinski definition) is 3. The van der Waals surface area contributed by atoms with E-state index in [2.05, 4.69) is 23.9 Å². The zero-order chi connectivity index (χ0) is 24.2. The highest BCUT2D eigenvalue weighted by Crippen LogP contribution is 2.28. The summed E-state index contributed by atoms with van der Waals surface area (Å²) in [4.78, 5) is 22.6. The first-order valence-corrected chi connectivity index (χ1v) is 12.4. The van der Waals surface area contributed by atoms with Crippen molar-refractivity contribution in [3.05, 3.63) is 64.2 Å². The van der Waals surface area contributed by atoms with Crippen molar-refractivity contribution in [1.29, 1.82) is 0 Å². The summed E-state index contributed by atoms with van der Waals surface area (Å²) in [5.74, 6) is -0.833. The molecule has 0 radical (unpaired) electrons. The van der Waals surface area contributed by atoms with Gasteiger partial charge in [-0.15, -0.1) is 0 Å². The number of carbonyl (C=O) groups excluding carboxylic acids is 1. The number of carbonyl (C=O) groups is 1. The molecule has 1 amide bonds. The SMILES string of the molecule is CC(C)c1cccc(N[C@H]2CC[C@@H](C(=O)NS(=O)(=O)c3ccc([N+](=O)[O-])cc3)CC[C@@H]2O)c1. The second-order valence-electron chi connectivity index (χ2n) is 8.67. The largest absolute Gasteiger partial charge is 0.391 e. The minimum Gasteiger partial charge on any atom is -0.391 e. The highest BCUT2D eigenvalue weighted by Gasteiger charge is 2.31. The summed E-state index contributed by atoms with van der Waals surface area (Å²) in [7, 11) is -4.15. The van der Waals surface area contributed by atoms with Crippen LogP contribution in [-0.2, 0) is 14.8 Å². The Morgan fingerprint density at radius 3 is 2.39 bits per heavy atom. The van der Waals surface area contributed by atoms with Crippen molar-refractivity contribution in [2.24, 2.45) is 5.92 Å². The van der Waals surface area contributed by atoms with Gasteiger partial charge in [0.1, 0.15) is 0 Å². The van der Waals surface area contributed by atoms with Crippen molar-refractivity contribution in [3.8, 4) is 0 Å². The zero-order valence-corrected chi connectivity index (χ0v) is 19.4. The third-order valence-corrected chi connectivity index (χ3v) is 7.33. The van der Waals surface area contributed by atoms with Crippen LogP contribution in [-0.4, -0.2) is 36.5 Å². The molecule has 10 heteroatoms. The van der Waals surface area contributed by atoms with Crippen LogP contribution in [0.1, 0.15) is 51.0 Å². The van der Waals surface area contributed by atoms with Crippen LogP contribution >= 0.6 is 0 Å². The number of rotatable bonds is 7. The van der Waals surface area contributed by atoms with Crippen LogP contribution in [0.25, 0.3) is 0 Å². The molecule has 3 atom stereocenters. The molecule has 1 fully saturated rings. The fourth-order valence-corrected chi connectivity index (χ4v) is 4.99. The van der Waals surface area contributed by atoms with Gasteiger partial charge in [0, 0.05) is 23.7 Å². The third-order valence-electron chi connectivity index (χ3n) is 5.97. The standard InChI is InChI=1S/C23H29N3O6S/c1-15(2)17-4-3-5-18(14-17)24-21-12-6-16(7-13-22(21)27)23(28)25-33(31,32)20-10-8-19(9-11-20)26(29)30/h3-5,8-11,14-16,21-22,24,27H,6-7,12-13H2,1-2H3,(H,25,28)/t16-,21+,22+/m1/s1. The second-order valence-corrected chi connectivity index (χ2v) is 10.4. The molecule has 3 N–H and O–H groups in total. The summed E-state index contributed by atoms with van der Waals surface area (Å²) < 4.78 is 27.2. The lowest BCUT2D eigenvalue weighted by molar-refractivity contribution is -0.384. The number of anilines is 1. The highest BCUT2D eigenvalue weighted by molar-refractivity contribution is 7.90. The molecular weight excluding hydrogens is 446 g/mol. The van der Waals surface area contributed by atoms with Crippen molar-refractivity contribution in [2.75, 3.05) is 5.32 Å². The lowest BCUT2D eigenvalue weighted by atomic mass is 9.99. The number of benzene rings is 2. The van der Waals surface area contributed by atoms with E-state index in [4.69, 9.17) is 0 Å². The van der Waals surface area contributed by atoms with Gasteiger partial charge in [0.05, 0.1) is 22.0 Å².